The first-order valence-electron chi connectivity index (χ1n) is 7.27. The van der Waals surface area contributed by atoms with E-state index in [0.717, 1.165) is 6.42 Å². The lowest BCUT2D eigenvalue weighted by molar-refractivity contribution is -0.140. The fourth-order valence-corrected chi connectivity index (χ4v) is 2.37. The van der Waals surface area contributed by atoms with Crippen LogP contribution in [0.1, 0.15) is 46.5 Å². The number of hydrogen-bond donors (Lipinski definition) is 3. The summed E-state index contributed by atoms with van der Waals surface area (Å²) >= 11 is 0. The van der Waals surface area contributed by atoms with Gasteiger partial charge in [0.05, 0.1) is 5.60 Å². The molecule has 3 atom stereocenters. The van der Waals surface area contributed by atoms with Crippen LogP contribution in [0.2, 0.25) is 0 Å². The number of likely N-dealkylation sites (tertiary alicyclic amines) is 1. The Labute approximate surface area is 120 Å². The maximum atomic E-state index is 12.2. The molecule has 1 saturated heterocycles. The molecule has 0 saturated carbocycles. The van der Waals surface area contributed by atoms with Gasteiger partial charge in [-0.3, -0.25) is 0 Å². The minimum Gasteiger partial charge on any atom is -0.480 e. The van der Waals surface area contributed by atoms with Gasteiger partial charge in [0.15, 0.2) is 0 Å². The molecule has 1 heterocycles. The number of carbonyl (C=O) groups is 2. The van der Waals surface area contributed by atoms with Crippen molar-refractivity contribution in [3.05, 3.63) is 0 Å². The minimum atomic E-state index is -1.01. The normalized spacial score (nSPS) is 26.5. The highest BCUT2D eigenvalue weighted by Crippen LogP contribution is 2.21. The Hall–Kier alpha value is -1.30. The lowest BCUT2D eigenvalue weighted by Gasteiger charge is -2.26. The highest BCUT2D eigenvalue weighted by molar-refractivity contribution is 5.82. The van der Waals surface area contributed by atoms with Gasteiger partial charge in [-0.1, -0.05) is 20.3 Å². The number of hydrogen-bond acceptors (Lipinski definition) is 3. The van der Waals surface area contributed by atoms with Crippen molar-refractivity contribution in [3.8, 4) is 0 Å². The van der Waals surface area contributed by atoms with E-state index in [0.29, 0.717) is 32.4 Å². The van der Waals surface area contributed by atoms with Crippen LogP contribution in [0.25, 0.3) is 0 Å². The second-order valence-electron chi connectivity index (χ2n) is 5.99. The van der Waals surface area contributed by atoms with Gasteiger partial charge in [0, 0.05) is 13.1 Å². The number of carboxylic acid groups (broad SMARTS) is 1. The van der Waals surface area contributed by atoms with Crippen molar-refractivity contribution in [2.75, 3.05) is 13.1 Å². The molecule has 0 aromatic heterocycles. The van der Waals surface area contributed by atoms with Crippen LogP contribution >= 0.6 is 0 Å². The van der Waals surface area contributed by atoms with Crippen molar-refractivity contribution in [2.24, 2.45) is 5.92 Å². The first-order valence-corrected chi connectivity index (χ1v) is 7.27. The maximum absolute atomic E-state index is 12.2. The summed E-state index contributed by atoms with van der Waals surface area (Å²) in [5, 5.41) is 21.8. The van der Waals surface area contributed by atoms with Gasteiger partial charge in [-0.05, 0) is 32.1 Å². The SMILES string of the molecule is CCC(C)C(NC(=O)N1CCCC(C)(O)CC1)C(=O)O. The Balaban J connectivity index is 2.62. The summed E-state index contributed by atoms with van der Waals surface area (Å²) in [6, 6.07) is -1.22. The van der Waals surface area contributed by atoms with Crippen LogP contribution in [-0.2, 0) is 4.79 Å². The van der Waals surface area contributed by atoms with Gasteiger partial charge < -0.3 is 20.4 Å². The zero-order valence-corrected chi connectivity index (χ0v) is 12.6. The number of urea groups is 1. The van der Waals surface area contributed by atoms with E-state index in [-0.39, 0.29) is 11.9 Å². The van der Waals surface area contributed by atoms with E-state index in [1.165, 1.54) is 0 Å². The quantitative estimate of drug-likeness (QED) is 0.729. The van der Waals surface area contributed by atoms with Crippen LogP contribution < -0.4 is 5.32 Å². The Kier molecular flexibility index (Phi) is 5.80. The predicted octanol–water partition coefficient (Wildman–Crippen LogP) is 1.43. The molecule has 0 aliphatic carbocycles. The summed E-state index contributed by atoms with van der Waals surface area (Å²) in [6.45, 7) is 6.48. The summed E-state index contributed by atoms with van der Waals surface area (Å²) < 4.78 is 0. The number of amides is 2. The summed E-state index contributed by atoms with van der Waals surface area (Å²) in [5.41, 5.74) is -0.738. The van der Waals surface area contributed by atoms with Crippen molar-refractivity contribution >= 4 is 12.0 Å². The Morgan fingerprint density at radius 1 is 1.35 bits per heavy atom. The molecular formula is C14H26N2O4. The van der Waals surface area contributed by atoms with E-state index in [1.54, 1.807) is 11.8 Å². The van der Waals surface area contributed by atoms with Gasteiger partial charge in [0.2, 0.25) is 0 Å². The molecule has 3 unspecified atom stereocenters. The number of nitrogens with one attached hydrogen (secondary N) is 1. The number of rotatable bonds is 4. The topological polar surface area (TPSA) is 89.9 Å². The van der Waals surface area contributed by atoms with Crippen LogP contribution in [0.15, 0.2) is 0 Å². The predicted molar refractivity (Wildman–Crippen MR) is 75.5 cm³/mol. The van der Waals surface area contributed by atoms with Crippen LogP contribution in [0, 0.1) is 5.92 Å². The van der Waals surface area contributed by atoms with Crippen molar-refractivity contribution < 1.29 is 19.8 Å². The number of carboxylic acids is 1. The van der Waals surface area contributed by atoms with E-state index in [9.17, 15) is 19.8 Å². The van der Waals surface area contributed by atoms with Crippen molar-refractivity contribution in [1.29, 1.82) is 0 Å². The Bertz CT molecular complexity index is 357. The van der Waals surface area contributed by atoms with E-state index < -0.39 is 17.6 Å². The smallest absolute Gasteiger partial charge is 0.326 e. The molecule has 6 heteroatoms. The molecule has 116 valence electrons. The number of nitrogens with zero attached hydrogens (tertiary/aromatic N) is 1. The van der Waals surface area contributed by atoms with Gasteiger partial charge in [-0.2, -0.15) is 0 Å². The highest BCUT2D eigenvalue weighted by atomic mass is 16.4. The first kappa shape index (κ1) is 16.8. The molecule has 0 aromatic carbocycles. The molecule has 1 aliphatic rings. The number of aliphatic hydroxyl groups is 1. The molecule has 0 aromatic rings. The standard InChI is InChI=1S/C14H26N2O4/c1-4-10(2)11(12(17)18)15-13(19)16-8-5-6-14(3,20)7-9-16/h10-11,20H,4-9H2,1-3H3,(H,15,19)(H,17,18). The van der Waals surface area contributed by atoms with Gasteiger partial charge in [-0.15, -0.1) is 0 Å². The molecule has 0 radical (unpaired) electrons. The third-order valence-corrected chi connectivity index (χ3v) is 4.11. The summed E-state index contributed by atoms with van der Waals surface area (Å²) in [4.78, 5) is 25.0. The van der Waals surface area contributed by atoms with Gasteiger partial charge in [0.1, 0.15) is 6.04 Å². The second-order valence-corrected chi connectivity index (χ2v) is 5.99. The molecule has 1 rings (SSSR count). The minimum absolute atomic E-state index is 0.119. The lowest BCUT2D eigenvalue weighted by atomic mass is 9.98. The summed E-state index contributed by atoms with van der Waals surface area (Å²) in [5.74, 6) is -1.12. The lowest BCUT2D eigenvalue weighted by Crippen LogP contribution is -2.50. The molecule has 0 spiro atoms. The second kappa shape index (κ2) is 6.92. The summed E-state index contributed by atoms with van der Waals surface area (Å²) in [6.07, 6.45) is 2.58. The zero-order chi connectivity index (χ0) is 15.3. The Morgan fingerprint density at radius 3 is 2.55 bits per heavy atom. The molecule has 2 amide bonds. The van der Waals surface area contributed by atoms with Crippen molar-refractivity contribution in [3.63, 3.8) is 0 Å². The molecule has 1 fully saturated rings. The molecule has 3 N–H and O–H groups in total. The summed E-state index contributed by atoms with van der Waals surface area (Å²) in [7, 11) is 0. The van der Waals surface area contributed by atoms with E-state index in [1.807, 2.05) is 13.8 Å². The fourth-order valence-electron chi connectivity index (χ4n) is 2.37. The van der Waals surface area contributed by atoms with E-state index in [2.05, 4.69) is 5.32 Å². The van der Waals surface area contributed by atoms with E-state index >= 15 is 0 Å². The largest absolute Gasteiger partial charge is 0.480 e. The number of carbonyl (C=O) groups excluding carboxylic acids is 1. The molecule has 1 aliphatic heterocycles. The third-order valence-electron chi connectivity index (χ3n) is 4.11. The molecular weight excluding hydrogens is 260 g/mol. The fraction of sp³-hybridized carbons (Fsp3) is 0.857. The maximum Gasteiger partial charge on any atom is 0.326 e. The first-order chi connectivity index (χ1) is 9.26. The van der Waals surface area contributed by atoms with Crippen LogP contribution in [-0.4, -0.2) is 51.8 Å². The van der Waals surface area contributed by atoms with Crippen LogP contribution in [0.4, 0.5) is 4.79 Å². The molecule has 20 heavy (non-hydrogen) atoms. The van der Waals surface area contributed by atoms with Gasteiger partial charge in [-0.25, -0.2) is 9.59 Å². The zero-order valence-electron chi connectivity index (χ0n) is 12.6. The van der Waals surface area contributed by atoms with Gasteiger partial charge in [0.25, 0.3) is 0 Å². The number of aliphatic carboxylic acids is 1. The highest BCUT2D eigenvalue weighted by Gasteiger charge is 2.30. The average molecular weight is 286 g/mol. The van der Waals surface area contributed by atoms with E-state index in [4.69, 9.17) is 0 Å². The monoisotopic (exact) mass is 286 g/mol. The van der Waals surface area contributed by atoms with Crippen LogP contribution in [0.5, 0.6) is 0 Å². The van der Waals surface area contributed by atoms with Gasteiger partial charge >= 0.3 is 12.0 Å². The van der Waals surface area contributed by atoms with Crippen molar-refractivity contribution in [1.82, 2.24) is 10.2 Å². The Morgan fingerprint density at radius 2 is 2.00 bits per heavy atom. The van der Waals surface area contributed by atoms with Crippen molar-refractivity contribution in [2.45, 2.75) is 58.1 Å². The molecule has 6 nitrogen and oxygen atoms in total. The third kappa shape index (κ3) is 4.67. The van der Waals surface area contributed by atoms with Crippen LogP contribution in [0.3, 0.4) is 0 Å². The molecule has 0 bridgehead atoms. The average Bonchev–Trinajstić information content (AvgIpc) is 2.55.